The molecule has 1 rings (SSSR count). The molecule has 0 saturated heterocycles. The quantitative estimate of drug-likeness (QED) is 0.863. The third-order valence-corrected chi connectivity index (χ3v) is 3.99. The highest BCUT2D eigenvalue weighted by atomic mass is 16.4. The highest BCUT2D eigenvalue weighted by Gasteiger charge is 2.41. The predicted molar refractivity (Wildman–Crippen MR) is 81.1 cm³/mol. The molecule has 0 bridgehead atoms. The summed E-state index contributed by atoms with van der Waals surface area (Å²) in [6.45, 7) is 10.1. The maximum absolute atomic E-state index is 11.4. The molecule has 0 aromatic heterocycles. The minimum absolute atomic E-state index is 0.0638. The van der Waals surface area contributed by atoms with Crippen molar-refractivity contribution in [3.8, 4) is 0 Å². The zero-order chi connectivity index (χ0) is 15.6. The highest BCUT2D eigenvalue weighted by molar-refractivity contribution is 5.78. The molecule has 0 radical (unpaired) electrons. The Labute approximate surface area is 121 Å². The van der Waals surface area contributed by atoms with E-state index < -0.39 is 17.5 Å². The van der Waals surface area contributed by atoms with E-state index in [-0.39, 0.29) is 11.8 Å². The molecule has 1 aromatic rings. The molecule has 1 aromatic carbocycles. The third-order valence-electron chi connectivity index (χ3n) is 3.99. The fraction of sp³-hybridized carbons (Fsp3) is 0.588. The lowest BCUT2D eigenvalue weighted by Gasteiger charge is -2.30. The van der Waals surface area contributed by atoms with Crippen molar-refractivity contribution in [2.45, 2.75) is 64.4 Å². The maximum atomic E-state index is 11.4. The van der Waals surface area contributed by atoms with E-state index in [4.69, 9.17) is 0 Å². The number of carboxylic acids is 1. The van der Waals surface area contributed by atoms with Crippen molar-refractivity contribution in [2.75, 3.05) is 0 Å². The van der Waals surface area contributed by atoms with Gasteiger partial charge in [-0.3, -0.25) is 0 Å². The van der Waals surface area contributed by atoms with Crippen LogP contribution >= 0.6 is 0 Å². The van der Waals surface area contributed by atoms with Crippen LogP contribution in [0.5, 0.6) is 0 Å². The largest absolute Gasteiger partial charge is 0.479 e. The average Bonchev–Trinajstić information content (AvgIpc) is 2.37. The normalized spacial score (nSPS) is 16.5. The first-order chi connectivity index (χ1) is 9.13. The van der Waals surface area contributed by atoms with Crippen LogP contribution in [-0.4, -0.2) is 21.8 Å². The molecule has 2 N–H and O–H groups in total. The van der Waals surface area contributed by atoms with Gasteiger partial charge in [0.25, 0.3) is 0 Å². The molecule has 0 aliphatic carbocycles. The molecule has 2 unspecified atom stereocenters. The first-order valence-corrected chi connectivity index (χ1v) is 7.19. The van der Waals surface area contributed by atoms with Gasteiger partial charge < -0.3 is 10.2 Å². The lowest BCUT2D eigenvalue weighted by Crippen LogP contribution is -2.43. The van der Waals surface area contributed by atoms with Gasteiger partial charge in [-0.2, -0.15) is 0 Å². The molecule has 3 nitrogen and oxygen atoms in total. The van der Waals surface area contributed by atoms with Crippen molar-refractivity contribution < 1.29 is 15.0 Å². The molecular formula is C17H26O3. The molecule has 0 aliphatic rings. The molecule has 0 amide bonds. The maximum Gasteiger partial charge on any atom is 0.336 e. The van der Waals surface area contributed by atoms with Gasteiger partial charge in [-0.25, -0.2) is 4.79 Å². The molecule has 0 spiro atoms. The Morgan fingerprint density at radius 2 is 1.70 bits per heavy atom. The van der Waals surface area contributed by atoms with Gasteiger partial charge in [-0.05, 0) is 23.0 Å². The van der Waals surface area contributed by atoms with Crippen LogP contribution in [-0.2, 0) is 10.2 Å². The second kappa shape index (κ2) is 5.96. The summed E-state index contributed by atoms with van der Waals surface area (Å²) < 4.78 is 0. The van der Waals surface area contributed by atoms with Crippen LogP contribution in [0, 0.1) is 0 Å². The Morgan fingerprint density at radius 3 is 2.05 bits per heavy atom. The molecule has 2 atom stereocenters. The monoisotopic (exact) mass is 278 g/mol. The van der Waals surface area contributed by atoms with Crippen molar-refractivity contribution in [1.82, 2.24) is 0 Å². The molecule has 112 valence electrons. The van der Waals surface area contributed by atoms with E-state index in [0.29, 0.717) is 6.42 Å². The standard InChI is InChI=1S/C17H26O3/c1-6-11-17(20,15(18)19)12(2)13-7-9-14(10-8-13)16(3,4)5/h7-10,12,20H,6,11H2,1-5H3,(H,18,19). The van der Waals surface area contributed by atoms with E-state index in [1.54, 1.807) is 6.92 Å². The molecule has 3 heteroatoms. The Balaban J connectivity index is 3.08. The fourth-order valence-corrected chi connectivity index (χ4v) is 2.44. The van der Waals surface area contributed by atoms with Crippen molar-refractivity contribution in [3.05, 3.63) is 35.4 Å². The summed E-state index contributed by atoms with van der Waals surface area (Å²) in [6, 6.07) is 7.88. The molecular weight excluding hydrogens is 252 g/mol. The smallest absolute Gasteiger partial charge is 0.336 e. The van der Waals surface area contributed by atoms with Gasteiger partial charge in [-0.15, -0.1) is 0 Å². The number of carbonyl (C=O) groups is 1. The summed E-state index contributed by atoms with van der Waals surface area (Å²) in [4.78, 5) is 11.4. The number of carboxylic acid groups (broad SMARTS) is 1. The van der Waals surface area contributed by atoms with Crippen LogP contribution in [0.15, 0.2) is 24.3 Å². The summed E-state index contributed by atoms with van der Waals surface area (Å²) >= 11 is 0. The number of rotatable bonds is 5. The zero-order valence-electron chi connectivity index (χ0n) is 13.1. The van der Waals surface area contributed by atoms with Crippen molar-refractivity contribution in [3.63, 3.8) is 0 Å². The Morgan fingerprint density at radius 1 is 1.20 bits per heavy atom. The Kier molecular flexibility index (Phi) is 4.98. The van der Waals surface area contributed by atoms with Crippen molar-refractivity contribution in [2.24, 2.45) is 0 Å². The zero-order valence-corrected chi connectivity index (χ0v) is 13.1. The minimum Gasteiger partial charge on any atom is -0.479 e. The van der Waals surface area contributed by atoms with Crippen LogP contribution in [0.4, 0.5) is 0 Å². The van der Waals surface area contributed by atoms with Gasteiger partial charge in [0.05, 0.1) is 0 Å². The van der Waals surface area contributed by atoms with Gasteiger partial charge >= 0.3 is 5.97 Å². The number of hydrogen-bond acceptors (Lipinski definition) is 2. The van der Waals surface area contributed by atoms with Gasteiger partial charge in [0.15, 0.2) is 5.60 Å². The average molecular weight is 278 g/mol. The first-order valence-electron chi connectivity index (χ1n) is 7.19. The van der Waals surface area contributed by atoms with Crippen LogP contribution in [0.25, 0.3) is 0 Å². The van der Waals surface area contributed by atoms with E-state index in [1.807, 2.05) is 31.2 Å². The topological polar surface area (TPSA) is 57.5 Å². The third kappa shape index (κ3) is 3.40. The molecule has 0 aliphatic heterocycles. The lowest BCUT2D eigenvalue weighted by molar-refractivity contribution is -0.161. The Bertz CT molecular complexity index is 456. The van der Waals surface area contributed by atoms with Gasteiger partial charge in [0.2, 0.25) is 0 Å². The number of benzene rings is 1. The van der Waals surface area contributed by atoms with Crippen LogP contribution in [0.1, 0.15) is 64.5 Å². The molecule has 20 heavy (non-hydrogen) atoms. The van der Waals surface area contributed by atoms with Gasteiger partial charge in [0, 0.05) is 5.92 Å². The summed E-state index contributed by atoms with van der Waals surface area (Å²) in [5, 5.41) is 19.8. The number of aliphatic hydroxyl groups is 1. The molecule has 0 heterocycles. The fourth-order valence-electron chi connectivity index (χ4n) is 2.44. The summed E-state index contributed by atoms with van der Waals surface area (Å²) in [7, 11) is 0. The highest BCUT2D eigenvalue weighted by Crippen LogP contribution is 2.33. The summed E-state index contributed by atoms with van der Waals surface area (Å²) in [6.07, 6.45) is 0.887. The van der Waals surface area contributed by atoms with Crippen LogP contribution < -0.4 is 0 Å². The van der Waals surface area contributed by atoms with E-state index >= 15 is 0 Å². The van der Waals surface area contributed by atoms with E-state index in [2.05, 4.69) is 20.8 Å². The lowest BCUT2D eigenvalue weighted by atomic mass is 9.79. The minimum atomic E-state index is -1.70. The predicted octanol–water partition coefficient (Wildman–Crippen LogP) is 3.70. The van der Waals surface area contributed by atoms with Crippen LogP contribution in [0.3, 0.4) is 0 Å². The molecule has 0 saturated carbocycles. The second-order valence-electron chi connectivity index (χ2n) is 6.57. The van der Waals surface area contributed by atoms with Gasteiger partial charge in [-0.1, -0.05) is 65.3 Å². The van der Waals surface area contributed by atoms with Crippen molar-refractivity contribution in [1.29, 1.82) is 0 Å². The van der Waals surface area contributed by atoms with E-state index in [0.717, 1.165) is 5.56 Å². The summed E-state index contributed by atoms with van der Waals surface area (Å²) in [5.41, 5.74) is 0.422. The SMILES string of the molecule is CCCC(O)(C(=O)O)C(C)c1ccc(C(C)(C)C)cc1. The van der Waals surface area contributed by atoms with Crippen LogP contribution in [0.2, 0.25) is 0 Å². The second-order valence-corrected chi connectivity index (χ2v) is 6.57. The van der Waals surface area contributed by atoms with E-state index in [1.165, 1.54) is 5.56 Å². The van der Waals surface area contributed by atoms with Gasteiger partial charge in [0.1, 0.15) is 0 Å². The Hall–Kier alpha value is -1.35. The molecule has 0 fully saturated rings. The number of aliphatic carboxylic acids is 1. The first kappa shape index (κ1) is 16.7. The summed E-state index contributed by atoms with van der Waals surface area (Å²) in [5.74, 6) is -1.58. The number of hydrogen-bond donors (Lipinski definition) is 2. The van der Waals surface area contributed by atoms with Crippen molar-refractivity contribution >= 4 is 5.97 Å². The van der Waals surface area contributed by atoms with E-state index in [9.17, 15) is 15.0 Å².